The second-order valence-electron chi connectivity index (χ2n) is 22.4. The fourth-order valence-corrected chi connectivity index (χ4v) is 11.5. The fraction of sp³-hybridized carbons (Fsp3) is 0.590. The van der Waals surface area contributed by atoms with Crippen molar-refractivity contribution in [2.24, 2.45) is 0 Å². The zero-order valence-corrected chi connectivity index (χ0v) is 49.2. The number of fused-ring (bicyclic) bond motifs is 6. The Balaban J connectivity index is 1.11. The molecule has 2 aromatic carbocycles. The Kier molecular flexibility index (Phi) is 13.6. The number of benzene rings is 2. The van der Waals surface area contributed by atoms with Crippen LogP contribution < -0.4 is 18.9 Å². The van der Waals surface area contributed by atoms with Crippen molar-refractivity contribution in [2.75, 3.05) is 55.4 Å². The zero-order valence-electron chi connectivity index (χ0n) is 63.6. The lowest BCUT2D eigenvalue weighted by atomic mass is 9.84. The van der Waals surface area contributed by atoms with Crippen molar-refractivity contribution in [1.29, 1.82) is 0 Å². The summed E-state index contributed by atoms with van der Waals surface area (Å²) in [4.78, 5) is 72.3. The number of sulfone groups is 2. The van der Waals surface area contributed by atoms with Gasteiger partial charge in [0.05, 0.1) is 70.2 Å². The van der Waals surface area contributed by atoms with E-state index in [9.17, 15) is 56.1 Å². The van der Waals surface area contributed by atoms with Crippen molar-refractivity contribution in [3.63, 3.8) is 0 Å². The summed E-state index contributed by atoms with van der Waals surface area (Å²) < 4.78 is 210. The van der Waals surface area contributed by atoms with E-state index in [0.717, 1.165) is 58.6 Å². The van der Waals surface area contributed by atoms with Crippen LogP contribution in [0.4, 0.5) is 9.59 Å². The number of rotatable bonds is 20. The van der Waals surface area contributed by atoms with Crippen molar-refractivity contribution >= 4 is 49.6 Å². The quantitative estimate of drug-likeness (QED) is 0.106. The summed E-state index contributed by atoms with van der Waals surface area (Å²) in [5, 5.41) is 34.6. The maximum atomic E-state index is 14.8. The van der Waals surface area contributed by atoms with Crippen LogP contribution in [0.2, 0.25) is 0 Å². The number of aliphatic hydroxyl groups excluding tert-OH is 2. The van der Waals surface area contributed by atoms with Crippen molar-refractivity contribution in [1.82, 2.24) is 19.6 Å². The smallest absolute Gasteiger partial charge is 0.415 e. The predicted octanol–water partition coefficient (Wildman–Crippen LogP) is 8.05. The van der Waals surface area contributed by atoms with Gasteiger partial charge in [-0.05, 0) is 132 Å². The lowest BCUT2D eigenvalue weighted by Gasteiger charge is -2.41. The van der Waals surface area contributed by atoms with Crippen LogP contribution in [0.5, 0.6) is 23.0 Å². The summed E-state index contributed by atoms with van der Waals surface area (Å²) in [6, 6.07) is 0.121. The van der Waals surface area contributed by atoms with Gasteiger partial charge in [0, 0.05) is 78.6 Å². The molecule has 0 aromatic heterocycles. The molecule has 22 heteroatoms. The second-order valence-corrected chi connectivity index (χ2v) is 25.3. The molecule has 0 bridgehead atoms. The Morgan fingerprint density at radius 1 is 0.663 bits per heavy atom. The highest BCUT2D eigenvalue weighted by Crippen LogP contribution is 2.49. The third-order valence-corrected chi connectivity index (χ3v) is 16.8. The van der Waals surface area contributed by atoms with Gasteiger partial charge in [0.15, 0.2) is 19.7 Å². The SMILES string of the molecule is [2H]C1([2H])N(C(=O)Oc2cc3c(c4c2C[C@H](O)[C@@](C)(CC/C=C(\C)CCC=C(C)C)O4)CN(CCC[C@@H](C(=O)O)N2Cc4c(cc(OC(=O)N5C([2H])([2H])C([2H])([2H])S(=O)(=O)C([2H])([2H])C5([2H])[2H])c5c4O[C@](C)(CC/C=C(\C)CCC=C(C)C)[C@@H](O)C5)C2=O)C3=O)C([2H])([2H])C([2H])([2H])S(=O)(=O)C1([2H])[2H]. The van der Waals surface area contributed by atoms with Gasteiger partial charge in [-0.3, -0.25) is 9.59 Å². The number of carboxylic acid groups (broad SMARTS) is 1. The third kappa shape index (κ3) is 14.6. The van der Waals surface area contributed by atoms with E-state index in [4.69, 9.17) is 40.9 Å². The summed E-state index contributed by atoms with van der Waals surface area (Å²) in [5.74, 6) is -5.21. The first-order chi connectivity index (χ1) is 45.2. The van der Waals surface area contributed by atoms with E-state index in [2.05, 4.69) is 12.2 Å². The largest absolute Gasteiger partial charge is 0.484 e. The van der Waals surface area contributed by atoms with E-state index >= 15 is 0 Å². The molecule has 6 aliphatic rings. The molecule has 6 heterocycles. The summed E-state index contributed by atoms with van der Waals surface area (Å²) in [6.07, 6.45) is 3.28. The molecule has 4 amide bonds. The molecular weight excluding hydrogens is 1110 g/mol. The monoisotopic (exact) mass is 1210 g/mol. The number of allylic oxidation sites excluding steroid dienone is 8. The number of carbonyl (C=O) groups is 5. The predicted molar refractivity (Wildman–Crippen MR) is 311 cm³/mol. The van der Waals surface area contributed by atoms with E-state index in [0.29, 0.717) is 19.3 Å². The van der Waals surface area contributed by atoms with Crippen molar-refractivity contribution in [3.05, 3.63) is 92.1 Å². The Morgan fingerprint density at radius 2 is 1.08 bits per heavy atom. The molecule has 0 spiro atoms. The molecule has 2 aromatic rings. The number of nitrogens with zero attached hydrogens (tertiary/aromatic N) is 4. The number of carbonyl (C=O) groups excluding carboxylic acids is 4. The average Bonchev–Trinajstić information content (AvgIpc) is 1.62. The highest BCUT2D eigenvalue weighted by Gasteiger charge is 2.48. The summed E-state index contributed by atoms with van der Waals surface area (Å²) in [7, 11) is -12.1. The van der Waals surface area contributed by atoms with E-state index in [-0.39, 0.29) is 71.7 Å². The van der Waals surface area contributed by atoms with Crippen LogP contribution in [-0.4, -0.2) is 167 Å². The maximum absolute atomic E-state index is 14.8. The molecule has 5 atom stereocenters. The zero-order chi connectivity index (χ0) is 74.7. The topological polar surface area (TPSA) is 264 Å². The second kappa shape index (κ2) is 25.5. The standard InChI is InChI=1S/C61H82N4O16S2/c1-38(2)14-9-16-40(5)18-11-21-60(7)51(66)34-44-49(78-58(72)62-24-28-82(74,75)29-25-62)32-42-46(53(44)80-60)36-64(55(42)68)23-13-20-48(57(70)71)65-37-47-43(56(65)69)33-50(79-59(73)63-26-30-83(76,77)31-27-63)45-35-52(67)61(8,81-54(45)47)22-12-19-41(6)17-10-15-39(3)4/h14-15,18-19,32-33,48,51-52,66-67H,9-13,16-17,20-31,34-37H2,1-8H3,(H,70,71)/b40-18+,41-19+/t48-,51-,52-,60+,61+/m0/s1/i24D2,25D2,26D2,27D2,28D2,29D2,30D2,31D2. The van der Waals surface area contributed by atoms with Gasteiger partial charge >= 0.3 is 18.2 Å². The first-order valence-electron chi connectivity index (χ1n) is 35.2. The number of hydrogen-bond donors (Lipinski definition) is 3. The molecule has 2 saturated heterocycles. The fourth-order valence-electron chi connectivity index (χ4n) is 10.5. The highest BCUT2D eigenvalue weighted by atomic mass is 32.2. The summed E-state index contributed by atoms with van der Waals surface area (Å²) in [6.45, 7) is -2.96. The van der Waals surface area contributed by atoms with Crippen molar-refractivity contribution in [2.45, 2.75) is 175 Å². The van der Waals surface area contributed by atoms with Gasteiger partial charge < -0.3 is 53.9 Å². The minimum atomic E-state index is -6.05. The first-order valence-corrected chi connectivity index (χ1v) is 30.2. The molecule has 0 aliphatic carbocycles. The third-order valence-electron chi connectivity index (χ3n) is 15.4. The molecular formula is C61H82N4O16S2. The Bertz CT molecular complexity index is 3960. The molecule has 0 radical (unpaired) electrons. The van der Waals surface area contributed by atoms with Crippen LogP contribution in [0.1, 0.15) is 185 Å². The number of aliphatic carboxylic acids is 1. The molecule has 0 unspecified atom stereocenters. The van der Waals surface area contributed by atoms with Crippen molar-refractivity contribution in [3.8, 4) is 23.0 Å². The number of aliphatic hydroxyl groups is 2. The van der Waals surface area contributed by atoms with E-state index in [1.54, 1.807) is 13.8 Å². The van der Waals surface area contributed by atoms with Gasteiger partial charge in [0.1, 0.15) is 40.2 Å². The van der Waals surface area contributed by atoms with Crippen molar-refractivity contribution < 1.29 is 97.0 Å². The number of amides is 4. The molecule has 0 saturated carbocycles. The van der Waals surface area contributed by atoms with Gasteiger partial charge in [-0.1, -0.05) is 46.6 Å². The minimum absolute atomic E-state index is 0.000710. The minimum Gasteiger partial charge on any atom is -0.484 e. The molecule has 8 rings (SSSR count). The van der Waals surface area contributed by atoms with Gasteiger partial charge in [0.25, 0.3) is 11.8 Å². The highest BCUT2D eigenvalue weighted by molar-refractivity contribution is 7.91. The number of carboxylic acids is 1. The van der Waals surface area contributed by atoms with Gasteiger partial charge in [-0.15, -0.1) is 0 Å². The van der Waals surface area contributed by atoms with Crippen LogP contribution in [0, 0.1) is 0 Å². The molecule has 3 N–H and O–H groups in total. The Morgan fingerprint density at radius 3 is 1.51 bits per heavy atom. The molecule has 454 valence electrons. The van der Waals surface area contributed by atoms with Gasteiger partial charge in [-0.2, -0.15) is 0 Å². The first kappa shape index (κ1) is 44.3. The van der Waals surface area contributed by atoms with E-state index < -0.39 is 181 Å². The van der Waals surface area contributed by atoms with E-state index in [1.165, 1.54) is 4.90 Å². The Hall–Kier alpha value is -6.23. The maximum Gasteiger partial charge on any atom is 0.415 e. The summed E-state index contributed by atoms with van der Waals surface area (Å²) in [5.41, 5.74) is -16.7. The van der Waals surface area contributed by atoms with Crippen LogP contribution in [0.15, 0.2) is 58.7 Å². The van der Waals surface area contributed by atoms with Gasteiger partial charge in [0.2, 0.25) is 0 Å². The molecule has 20 nitrogen and oxygen atoms in total. The number of ether oxygens (including phenoxy) is 4. The normalized spacial score (nSPS) is 31.6. The summed E-state index contributed by atoms with van der Waals surface area (Å²) >= 11 is 0. The lowest BCUT2D eigenvalue weighted by Crippen LogP contribution is -2.49. The van der Waals surface area contributed by atoms with E-state index in [1.807, 2.05) is 53.7 Å². The molecule has 83 heavy (non-hydrogen) atoms. The molecule has 2 fully saturated rings. The lowest BCUT2D eigenvalue weighted by molar-refractivity contribution is -0.142. The van der Waals surface area contributed by atoms with Gasteiger partial charge in [-0.25, -0.2) is 31.2 Å². The van der Waals surface area contributed by atoms with Crippen LogP contribution >= 0.6 is 0 Å². The van der Waals surface area contributed by atoms with Crippen LogP contribution in [-0.2, 0) is 50.4 Å². The van der Waals surface area contributed by atoms with Crippen LogP contribution in [0.3, 0.4) is 0 Å². The number of hydrogen-bond acceptors (Lipinski definition) is 15. The average molecular weight is 1210 g/mol. The van der Waals surface area contributed by atoms with Crippen LogP contribution in [0.25, 0.3) is 0 Å². The molecule has 6 aliphatic heterocycles. The Labute approximate surface area is 510 Å².